The summed E-state index contributed by atoms with van der Waals surface area (Å²) in [5, 5.41) is 13.3. The molecule has 0 amide bonds. The summed E-state index contributed by atoms with van der Waals surface area (Å²) in [6.45, 7) is 3.91. The van der Waals surface area contributed by atoms with Gasteiger partial charge in [-0.15, -0.1) is 0 Å². The number of ketones is 1. The summed E-state index contributed by atoms with van der Waals surface area (Å²) in [6, 6.07) is 0. The van der Waals surface area contributed by atoms with Gasteiger partial charge in [-0.05, 0) is 13.8 Å². The molecule has 1 aromatic rings. The van der Waals surface area contributed by atoms with Gasteiger partial charge in [0.25, 0.3) is 5.78 Å². The summed E-state index contributed by atoms with van der Waals surface area (Å²) in [5.41, 5.74) is 0.612. The van der Waals surface area contributed by atoms with Crippen LogP contribution >= 0.6 is 0 Å². The van der Waals surface area contributed by atoms with Gasteiger partial charge < -0.3 is 5.11 Å². The molecular formula is C10H11F3N2O2. The van der Waals surface area contributed by atoms with Gasteiger partial charge in [-0.25, -0.2) is 0 Å². The van der Waals surface area contributed by atoms with Crippen molar-refractivity contribution in [2.45, 2.75) is 26.6 Å². The van der Waals surface area contributed by atoms with Crippen molar-refractivity contribution in [3.05, 3.63) is 23.5 Å². The summed E-state index contributed by atoms with van der Waals surface area (Å²) in [6.07, 6.45) is -3.61. The molecule has 0 aromatic carbocycles. The lowest BCUT2D eigenvalue weighted by atomic mass is 10.2. The Bertz CT molecular complexity index is 461. The lowest BCUT2D eigenvalue weighted by Crippen LogP contribution is -2.20. The minimum absolute atomic E-state index is 0.115. The molecule has 7 heteroatoms. The van der Waals surface area contributed by atoms with Crippen LogP contribution in [0.4, 0.5) is 13.2 Å². The maximum absolute atomic E-state index is 12.0. The minimum Gasteiger partial charge on any atom is -0.507 e. The van der Waals surface area contributed by atoms with E-state index in [4.69, 9.17) is 0 Å². The van der Waals surface area contributed by atoms with E-state index >= 15 is 0 Å². The normalized spacial score (nSPS) is 12.9. The fourth-order valence-electron chi connectivity index (χ4n) is 1.30. The van der Waals surface area contributed by atoms with Gasteiger partial charge in [-0.3, -0.25) is 9.48 Å². The number of hydrogen-bond acceptors (Lipinski definition) is 3. The summed E-state index contributed by atoms with van der Waals surface area (Å²) in [5.74, 6) is -2.83. The first kappa shape index (κ1) is 13.3. The molecule has 1 rings (SSSR count). The molecule has 0 spiro atoms. The molecule has 1 aromatic heterocycles. The van der Waals surface area contributed by atoms with Crippen molar-refractivity contribution in [2.75, 3.05) is 0 Å². The van der Waals surface area contributed by atoms with Crippen LogP contribution in [0.1, 0.15) is 18.2 Å². The second-order valence-electron chi connectivity index (χ2n) is 3.35. The van der Waals surface area contributed by atoms with Crippen LogP contribution in [-0.4, -0.2) is 26.8 Å². The Labute approximate surface area is 95.4 Å². The Kier molecular flexibility index (Phi) is 3.59. The van der Waals surface area contributed by atoms with E-state index in [9.17, 15) is 23.1 Å². The molecule has 0 unspecified atom stereocenters. The number of hydrogen-bond donors (Lipinski definition) is 1. The number of carbonyl (C=O) groups is 1. The SMILES string of the molecule is CCn1ncc(C(O)=CC(=O)C(F)(F)F)c1C. The molecule has 0 atom stereocenters. The van der Waals surface area contributed by atoms with Crippen molar-refractivity contribution < 1.29 is 23.1 Å². The second-order valence-corrected chi connectivity index (χ2v) is 3.35. The number of alkyl halides is 3. The highest BCUT2D eigenvalue weighted by molar-refractivity contribution is 5.99. The van der Waals surface area contributed by atoms with Crippen molar-refractivity contribution in [1.29, 1.82) is 0 Å². The highest BCUT2D eigenvalue weighted by atomic mass is 19.4. The lowest BCUT2D eigenvalue weighted by Gasteiger charge is -2.03. The topological polar surface area (TPSA) is 55.1 Å². The molecule has 4 nitrogen and oxygen atoms in total. The maximum atomic E-state index is 12.0. The second kappa shape index (κ2) is 4.60. The molecule has 94 valence electrons. The standard InChI is InChI=1S/C10H11F3N2O2/c1-3-15-6(2)7(5-14-15)8(16)4-9(17)10(11,12)13/h4-5,16H,3H2,1-2H3. The van der Waals surface area contributed by atoms with Gasteiger partial charge in [0, 0.05) is 18.3 Å². The average Bonchev–Trinajstić information content (AvgIpc) is 2.57. The van der Waals surface area contributed by atoms with Gasteiger partial charge in [0.05, 0.1) is 11.8 Å². The highest BCUT2D eigenvalue weighted by Crippen LogP contribution is 2.21. The number of aliphatic hydroxyl groups excluding tert-OH is 1. The summed E-state index contributed by atoms with van der Waals surface area (Å²) in [4.78, 5) is 10.6. The van der Waals surface area contributed by atoms with Crippen LogP contribution in [0.2, 0.25) is 0 Å². The van der Waals surface area contributed by atoms with Crippen molar-refractivity contribution in [3.8, 4) is 0 Å². The molecule has 0 aliphatic carbocycles. The summed E-state index contributed by atoms with van der Waals surface area (Å²) >= 11 is 0. The molecule has 0 aliphatic heterocycles. The Morgan fingerprint density at radius 2 is 2.18 bits per heavy atom. The van der Waals surface area contributed by atoms with E-state index in [0.717, 1.165) is 0 Å². The van der Waals surface area contributed by atoms with Crippen LogP contribution in [0.25, 0.3) is 5.76 Å². The number of halogens is 3. The fourth-order valence-corrected chi connectivity index (χ4v) is 1.30. The van der Waals surface area contributed by atoms with Crippen molar-refractivity contribution in [3.63, 3.8) is 0 Å². The van der Waals surface area contributed by atoms with Crippen molar-refractivity contribution in [1.82, 2.24) is 9.78 Å². The predicted molar refractivity (Wildman–Crippen MR) is 54.3 cm³/mol. The number of aliphatic hydroxyl groups is 1. The quantitative estimate of drug-likeness (QED) is 0.659. The monoisotopic (exact) mass is 248 g/mol. The Morgan fingerprint density at radius 3 is 2.59 bits per heavy atom. The maximum Gasteiger partial charge on any atom is 0.454 e. The van der Waals surface area contributed by atoms with Crippen molar-refractivity contribution >= 4 is 11.5 Å². The minimum atomic E-state index is -4.98. The van der Waals surface area contributed by atoms with Gasteiger partial charge in [0.2, 0.25) is 0 Å². The number of allylic oxidation sites excluding steroid dienone is 1. The lowest BCUT2D eigenvalue weighted by molar-refractivity contribution is -0.165. The number of carbonyl (C=O) groups excluding carboxylic acids is 1. The van der Waals surface area contributed by atoms with Crippen LogP contribution in [-0.2, 0) is 11.3 Å². The summed E-state index contributed by atoms with van der Waals surface area (Å²) in [7, 11) is 0. The number of nitrogens with zero attached hydrogens (tertiary/aromatic N) is 2. The molecule has 1 N–H and O–H groups in total. The van der Waals surface area contributed by atoms with Crippen LogP contribution in [0.3, 0.4) is 0 Å². The zero-order chi connectivity index (χ0) is 13.2. The third-order valence-corrected chi connectivity index (χ3v) is 2.23. The van der Waals surface area contributed by atoms with E-state index in [2.05, 4.69) is 5.10 Å². The molecule has 1 heterocycles. The molecule has 17 heavy (non-hydrogen) atoms. The van der Waals surface area contributed by atoms with Gasteiger partial charge in [0.1, 0.15) is 5.76 Å². The Hall–Kier alpha value is -1.79. The predicted octanol–water partition coefficient (Wildman–Crippen LogP) is 2.24. The average molecular weight is 248 g/mol. The molecule has 0 saturated carbocycles. The van der Waals surface area contributed by atoms with Gasteiger partial charge >= 0.3 is 6.18 Å². The van der Waals surface area contributed by atoms with Crippen LogP contribution in [0.5, 0.6) is 0 Å². The first-order valence-electron chi connectivity index (χ1n) is 4.82. The Balaban J connectivity index is 3.04. The van der Waals surface area contributed by atoms with Crippen LogP contribution < -0.4 is 0 Å². The van der Waals surface area contributed by atoms with E-state index < -0.39 is 17.7 Å². The van der Waals surface area contributed by atoms with Gasteiger partial charge in [0.15, 0.2) is 0 Å². The molecular weight excluding hydrogens is 237 g/mol. The van der Waals surface area contributed by atoms with Gasteiger partial charge in [-0.2, -0.15) is 18.3 Å². The smallest absolute Gasteiger partial charge is 0.454 e. The third-order valence-electron chi connectivity index (χ3n) is 2.23. The van der Waals surface area contributed by atoms with E-state index in [1.807, 2.05) is 0 Å². The third kappa shape index (κ3) is 2.86. The number of aromatic nitrogens is 2. The zero-order valence-electron chi connectivity index (χ0n) is 9.25. The first-order chi connectivity index (χ1) is 7.77. The van der Waals surface area contributed by atoms with E-state index in [1.54, 1.807) is 13.8 Å². The molecule has 0 saturated heterocycles. The Morgan fingerprint density at radius 1 is 1.59 bits per heavy atom. The van der Waals surface area contributed by atoms with E-state index in [-0.39, 0.29) is 11.6 Å². The fraction of sp³-hybridized carbons (Fsp3) is 0.400. The molecule has 0 radical (unpaired) electrons. The highest BCUT2D eigenvalue weighted by Gasteiger charge is 2.37. The van der Waals surface area contributed by atoms with Crippen LogP contribution in [0, 0.1) is 6.92 Å². The zero-order valence-corrected chi connectivity index (χ0v) is 9.25. The first-order valence-corrected chi connectivity index (χ1v) is 4.82. The molecule has 0 fully saturated rings. The van der Waals surface area contributed by atoms with Crippen LogP contribution in [0.15, 0.2) is 12.3 Å². The molecule has 0 aliphatic rings. The number of aryl methyl sites for hydroxylation is 1. The molecule has 0 bridgehead atoms. The summed E-state index contributed by atoms with van der Waals surface area (Å²) < 4.78 is 37.4. The van der Waals surface area contributed by atoms with Gasteiger partial charge in [-0.1, -0.05) is 0 Å². The van der Waals surface area contributed by atoms with Crippen molar-refractivity contribution in [2.24, 2.45) is 0 Å². The van der Waals surface area contributed by atoms with E-state index in [1.165, 1.54) is 10.9 Å². The number of rotatable bonds is 3. The largest absolute Gasteiger partial charge is 0.507 e. The van der Waals surface area contributed by atoms with E-state index in [0.29, 0.717) is 12.2 Å².